The van der Waals surface area contributed by atoms with Crippen LogP contribution in [-0.2, 0) is 14.3 Å². The Labute approximate surface area is 236 Å². The van der Waals surface area contributed by atoms with Crippen molar-refractivity contribution in [3.8, 4) is 11.1 Å². The van der Waals surface area contributed by atoms with Crippen LogP contribution in [0, 0.1) is 12.7 Å². The summed E-state index contributed by atoms with van der Waals surface area (Å²) in [6, 6.07) is 24.0. The smallest absolute Gasteiger partial charge is 0.297 e. The first kappa shape index (κ1) is 27.4. The Kier molecular flexibility index (Phi) is 7.80. The normalized spacial score (nSPS) is 13.5. The van der Waals surface area contributed by atoms with Gasteiger partial charge in [0.2, 0.25) is 0 Å². The molecule has 0 radical (unpaired) electrons. The number of rotatable bonds is 8. The second-order valence-corrected chi connectivity index (χ2v) is 11.6. The van der Waals surface area contributed by atoms with Crippen LogP contribution in [0.4, 0.5) is 4.39 Å². The summed E-state index contributed by atoms with van der Waals surface area (Å²) in [6.45, 7) is 1.30. The summed E-state index contributed by atoms with van der Waals surface area (Å²) in [5, 5.41) is 13.1. The standard InChI is InChI=1S/C30H24Cl2FNO4S/c1-19-9-12-23(13-10-19)39(36,37)38-18-29(35)30(21-5-4-6-22(33)15-21)34-17-25(24-7-2-3-8-28(24)34)20-11-14-26(31)27(32)16-20/h2-17,29-30,35H,18H2,1H3. The number of aromatic nitrogens is 1. The first-order valence-corrected chi connectivity index (χ1v) is 14.2. The van der Waals surface area contributed by atoms with Crippen molar-refractivity contribution in [3.63, 3.8) is 0 Å². The molecule has 0 aliphatic rings. The Morgan fingerprint density at radius 3 is 2.38 bits per heavy atom. The molecule has 0 aliphatic heterocycles. The molecule has 0 saturated heterocycles. The number of para-hydroxylation sites is 1. The van der Waals surface area contributed by atoms with Gasteiger partial charge in [0.15, 0.2) is 0 Å². The number of aliphatic hydroxyl groups is 1. The van der Waals surface area contributed by atoms with Crippen molar-refractivity contribution in [1.82, 2.24) is 4.57 Å². The highest BCUT2D eigenvalue weighted by atomic mass is 35.5. The topological polar surface area (TPSA) is 68.5 Å². The quantitative estimate of drug-likeness (QED) is 0.193. The lowest BCUT2D eigenvalue weighted by Crippen LogP contribution is -2.30. The van der Waals surface area contributed by atoms with Gasteiger partial charge in [-0.1, -0.05) is 77.3 Å². The monoisotopic (exact) mass is 583 g/mol. The molecule has 200 valence electrons. The van der Waals surface area contributed by atoms with Crippen molar-refractivity contribution in [1.29, 1.82) is 0 Å². The summed E-state index contributed by atoms with van der Waals surface area (Å²) in [5.41, 5.74) is 3.70. The van der Waals surface area contributed by atoms with Crippen LogP contribution in [0.1, 0.15) is 17.2 Å². The van der Waals surface area contributed by atoms with Gasteiger partial charge in [-0.05, 0) is 60.5 Å². The highest BCUT2D eigenvalue weighted by molar-refractivity contribution is 7.86. The number of benzene rings is 4. The van der Waals surface area contributed by atoms with Crippen LogP contribution >= 0.6 is 23.2 Å². The van der Waals surface area contributed by atoms with Crippen LogP contribution in [-0.4, -0.2) is 30.8 Å². The summed E-state index contributed by atoms with van der Waals surface area (Å²) in [6.07, 6.45) is 0.474. The van der Waals surface area contributed by atoms with Crippen LogP contribution in [0.25, 0.3) is 22.0 Å². The minimum absolute atomic E-state index is 0.0177. The van der Waals surface area contributed by atoms with Crippen molar-refractivity contribution in [2.75, 3.05) is 6.61 Å². The van der Waals surface area contributed by atoms with Crippen LogP contribution in [0.15, 0.2) is 102 Å². The first-order chi connectivity index (χ1) is 18.6. The van der Waals surface area contributed by atoms with Crippen LogP contribution in [0.2, 0.25) is 10.0 Å². The summed E-state index contributed by atoms with van der Waals surface area (Å²) in [7, 11) is -4.14. The van der Waals surface area contributed by atoms with E-state index in [1.54, 1.807) is 41.0 Å². The molecule has 5 rings (SSSR count). The Morgan fingerprint density at radius 2 is 1.67 bits per heavy atom. The van der Waals surface area contributed by atoms with E-state index in [9.17, 15) is 17.9 Å². The van der Waals surface area contributed by atoms with E-state index in [0.29, 0.717) is 15.6 Å². The van der Waals surface area contributed by atoms with E-state index < -0.39 is 34.7 Å². The minimum Gasteiger partial charge on any atom is -0.388 e. The van der Waals surface area contributed by atoms with Crippen LogP contribution < -0.4 is 0 Å². The van der Waals surface area contributed by atoms with Crippen molar-refractivity contribution >= 4 is 44.2 Å². The third-order valence-electron chi connectivity index (χ3n) is 6.53. The second-order valence-electron chi connectivity index (χ2n) is 9.21. The SMILES string of the molecule is Cc1ccc(S(=O)(=O)OCC(O)C(c2cccc(F)c2)n2cc(-c3ccc(Cl)c(Cl)c3)c3ccccc32)cc1. The highest BCUT2D eigenvalue weighted by Crippen LogP contribution is 2.38. The molecule has 4 aromatic carbocycles. The zero-order valence-corrected chi connectivity index (χ0v) is 23.1. The molecule has 0 fully saturated rings. The summed E-state index contributed by atoms with van der Waals surface area (Å²) < 4.78 is 47.1. The third kappa shape index (κ3) is 5.73. The molecule has 0 aliphatic carbocycles. The molecule has 1 aromatic heterocycles. The molecule has 0 amide bonds. The molecule has 0 bridgehead atoms. The largest absolute Gasteiger partial charge is 0.388 e. The van der Waals surface area contributed by atoms with Crippen molar-refractivity contribution in [2.45, 2.75) is 24.0 Å². The molecule has 5 nitrogen and oxygen atoms in total. The number of halogens is 3. The molecule has 9 heteroatoms. The van der Waals surface area contributed by atoms with E-state index in [1.165, 1.54) is 24.3 Å². The minimum atomic E-state index is -4.14. The fraction of sp³-hybridized carbons (Fsp3) is 0.133. The van der Waals surface area contributed by atoms with Gasteiger partial charge in [-0.25, -0.2) is 4.39 Å². The number of hydrogen-bond acceptors (Lipinski definition) is 4. The molecule has 2 unspecified atom stereocenters. The van der Waals surface area contributed by atoms with Crippen molar-refractivity contribution in [3.05, 3.63) is 124 Å². The summed E-state index contributed by atoms with van der Waals surface area (Å²) >= 11 is 12.4. The van der Waals surface area contributed by atoms with Gasteiger partial charge in [0, 0.05) is 22.7 Å². The van der Waals surface area contributed by atoms with Gasteiger partial charge >= 0.3 is 0 Å². The van der Waals surface area contributed by atoms with Crippen molar-refractivity contribution in [2.24, 2.45) is 0 Å². The van der Waals surface area contributed by atoms with Crippen molar-refractivity contribution < 1.29 is 22.1 Å². The van der Waals surface area contributed by atoms with E-state index in [1.807, 2.05) is 43.5 Å². The van der Waals surface area contributed by atoms with Gasteiger partial charge in [-0.3, -0.25) is 4.18 Å². The van der Waals surface area contributed by atoms with Crippen LogP contribution in [0.3, 0.4) is 0 Å². The molecule has 0 spiro atoms. The Bertz CT molecular complexity index is 1750. The van der Waals surface area contributed by atoms with Gasteiger partial charge in [-0.15, -0.1) is 0 Å². The van der Waals surface area contributed by atoms with Gasteiger partial charge < -0.3 is 9.67 Å². The maximum atomic E-state index is 14.4. The van der Waals surface area contributed by atoms with Crippen LogP contribution in [0.5, 0.6) is 0 Å². The second kappa shape index (κ2) is 11.1. The van der Waals surface area contributed by atoms with E-state index in [0.717, 1.165) is 27.6 Å². The fourth-order valence-electron chi connectivity index (χ4n) is 4.61. The molecule has 1 heterocycles. The van der Waals surface area contributed by atoms with E-state index in [2.05, 4.69) is 0 Å². The number of nitrogens with zero attached hydrogens (tertiary/aromatic N) is 1. The number of aliphatic hydroxyl groups excluding tert-OH is 1. The molecule has 0 saturated carbocycles. The van der Waals surface area contributed by atoms with E-state index >= 15 is 0 Å². The Morgan fingerprint density at radius 1 is 0.923 bits per heavy atom. The zero-order chi connectivity index (χ0) is 27.7. The van der Waals surface area contributed by atoms with Gasteiger partial charge in [0.25, 0.3) is 10.1 Å². The van der Waals surface area contributed by atoms with E-state index in [-0.39, 0.29) is 4.90 Å². The fourth-order valence-corrected chi connectivity index (χ4v) is 5.83. The lowest BCUT2D eigenvalue weighted by atomic mass is 10.0. The Balaban J connectivity index is 1.58. The lowest BCUT2D eigenvalue weighted by Gasteiger charge is -2.26. The number of fused-ring (bicyclic) bond motifs is 1. The number of aryl methyl sites for hydroxylation is 1. The molecular formula is C30H24Cl2FNO4S. The molecule has 5 aromatic rings. The molecular weight excluding hydrogens is 560 g/mol. The summed E-state index contributed by atoms with van der Waals surface area (Å²) in [5.74, 6) is -0.487. The van der Waals surface area contributed by atoms with E-state index in [4.69, 9.17) is 27.4 Å². The average Bonchev–Trinajstić information content (AvgIpc) is 3.29. The summed E-state index contributed by atoms with van der Waals surface area (Å²) in [4.78, 5) is -0.0177. The predicted molar refractivity (Wildman–Crippen MR) is 152 cm³/mol. The lowest BCUT2D eigenvalue weighted by molar-refractivity contribution is 0.0784. The Hall–Kier alpha value is -3.20. The molecule has 39 heavy (non-hydrogen) atoms. The van der Waals surface area contributed by atoms with Gasteiger partial charge in [0.05, 0.1) is 27.6 Å². The highest BCUT2D eigenvalue weighted by Gasteiger charge is 2.28. The average molecular weight is 584 g/mol. The zero-order valence-electron chi connectivity index (χ0n) is 20.8. The third-order valence-corrected chi connectivity index (χ3v) is 8.56. The molecule has 2 atom stereocenters. The predicted octanol–water partition coefficient (Wildman–Crippen LogP) is 7.42. The first-order valence-electron chi connectivity index (χ1n) is 12.1. The maximum Gasteiger partial charge on any atom is 0.297 e. The van der Waals surface area contributed by atoms with Gasteiger partial charge in [0.1, 0.15) is 11.9 Å². The number of hydrogen-bond donors (Lipinski definition) is 1. The van der Waals surface area contributed by atoms with Gasteiger partial charge in [-0.2, -0.15) is 8.42 Å². The maximum absolute atomic E-state index is 14.4. The molecule has 1 N–H and O–H groups in total.